The number of aryl methyl sites for hydroxylation is 1. The number of aliphatic hydroxyl groups is 1. The van der Waals surface area contributed by atoms with Crippen LogP contribution in [0, 0.1) is 0 Å². The Morgan fingerprint density at radius 3 is 2.61 bits per heavy atom. The van der Waals surface area contributed by atoms with Gasteiger partial charge >= 0.3 is 0 Å². The second kappa shape index (κ2) is 9.21. The highest BCUT2D eigenvalue weighted by atomic mass is 16.3. The molecular formula is C24H22N4O3. The number of hydrogen-bond acceptors (Lipinski definition) is 5. The van der Waals surface area contributed by atoms with Crippen LogP contribution in [0.3, 0.4) is 0 Å². The largest absolute Gasteiger partial charge is 0.503 e. The Kier molecular flexibility index (Phi) is 6.03. The number of carbonyl (C=O) groups excluding carboxylic acids is 2. The Hall–Kier alpha value is -4.00. The van der Waals surface area contributed by atoms with E-state index in [-0.39, 0.29) is 5.57 Å². The van der Waals surface area contributed by atoms with Gasteiger partial charge in [-0.2, -0.15) is 0 Å². The fraction of sp³-hybridized carbons (Fsp3) is 0.167. The van der Waals surface area contributed by atoms with Gasteiger partial charge in [-0.05, 0) is 29.7 Å². The number of allylic oxidation sites excluding steroid dienone is 1. The highest BCUT2D eigenvalue weighted by molar-refractivity contribution is 6.14. The van der Waals surface area contributed by atoms with Crippen LogP contribution in [0.15, 0.2) is 91.0 Å². The number of hydrogen-bond donors (Lipinski definition) is 1. The lowest BCUT2D eigenvalue weighted by Crippen LogP contribution is -2.32. The average molecular weight is 414 g/mol. The zero-order chi connectivity index (χ0) is 21.6. The van der Waals surface area contributed by atoms with E-state index in [0.717, 1.165) is 5.56 Å². The van der Waals surface area contributed by atoms with Crippen molar-refractivity contribution in [1.82, 2.24) is 19.4 Å². The number of imidazole rings is 1. The Labute approximate surface area is 180 Å². The molecule has 3 heterocycles. The molecule has 7 nitrogen and oxygen atoms in total. The molecule has 1 aromatic carbocycles. The molecule has 0 bridgehead atoms. The third-order valence-corrected chi connectivity index (χ3v) is 5.17. The molecule has 0 aliphatic carbocycles. The van der Waals surface area contributed by atoms with Crippen LogP contribution in [-0.2, 0) is 16.1 Å². The van der Waals surface area contributed by atoms with E-state index in [1.165, 1.54) is 11.0 Å². The number of rotatable bonds is 8. The van der Waals surface area contributed by atoms with Crippen LogP contribution >= 0.6 is 0 Å². The van der Waals surface area contributed by atoms with Gasteiger partial charge in [0.15, 0.2) is 11.5 Å². The van der Waals surface area contributed by atoms with Crippen molar-refractivity contribution in [3.63, 3.8) is 0 Å². The summed E-state index contributed by atoms with van der Waals surface area (Å²) in [7, 11) is 0. The predicted molar refractivity (Wildman–Crippen MR) is 116 cm³/mol. The fourth-order valence-electron chi connectivity index (χ4n) is 3.69. The summed E-state index contributed by atoms with van der Waals surface area (Å²) < 4.78 is 1.92. The zero-order valence-electron chi connectivity index (χ0n) is 16.8. The topological polar surface area (TPSA) is 88.3 Å². The van der Waals surface area contributed by atoms with Gasteiger partial charge in [0.1, 0.15) is 0 Å². The van der Waals surface area contributed by atoms with Crippen LogP contribution in [0.2, 0.25) is 0 Å². The number of aromatic nitrogens is 3. The van der Waals surface area contributed by atoms with Crippen molar-refractivity contribution >= 4 is 17.8 Å². The van der Waals surface area contributed by atoms with Gasteiger partial charge in [0, 0.05) is 37.9 Å². The summed E-state index contributed by atoms with van der Waals surface area (Å²) in [6.45, 7) is 1.04. The first-order valence-corrected chi connectivity index (χ1v) is 10.0. The maximum Gasteiger partial charge on any atom is 0.290 e. The van der Waals surface area contributed by atoms with E-state index in [1.54, 1.807) is 43.1 Å². The van der Waals surface area contributed by atoms with E-state index in [1.807, 2.05) is 41.1 Å². The van der Waals surface area contributed by atoms with Crippen LogP contribution < -0.4 is 0 Å². The van der Waals surface area contributed by atoms with E-state index in [0.29, 0.717) is 25.1 Å². The first kappa shape index (κ1) is 20.3. The van der Waals surface area contributed by atoms with Crippen molar-refractivity contribution in [3.05, 3.63) is 102 Å². The van der Waals surface area contributed by atoms with Crippen molar-refractivity contribution < 1.29 is 14.7 Å². The highest BCUT2D eigenvalue weighted by Gasteiger charge is 2.42. The van der Waals surface area contributed by atoms with Gasteiger partial charge in [-0.1, -0.05) is 42.5 Å². The van der Waals surface area contributed by atoms with Crippen molar-refractivity contribution in [2.75, 3.05) is 6.54 Å². The molecule has 3 aromatic rings. The molecule has 0 spiro atoms. The summed E-state index contributed by atoms with van der Waals surface area (Å²) in [6, 6.07) is 12.3. The van der Waals surface area contributed by atoms with E-state index < -0.39 is 23.5 Å². The average Bonchev–Trinajstić information content (AvgIpc) is 3.41. The Morgan fingerprint density at radius 1 is 1.06 bits per heavy atom. The van der Waals surface area contributed by atoms with Crippen molar-refractivity contribution in [2.45, 2.75) is 19.0 Å². The van der Waals surface area contributed by atoms with Gasteiger partial charge in [-0.25, -0.2) is 4.98 Å². The third kappa shape index (κ3) is 4.45. The smallest absolute Gasteiger partial charge is 0.290 e. The van der Waals surface area contributed by atoms with Gasteiger partial charge < -0.3 is 14.6 Å². The lowest BCUT2D eigenvalue weighted by Gasteiger charge is -2.26. The zero-order valence-corrected chi connectivity index (χ0v) is 16.8. The first-order valence-electron chi connectivity index (χ1n) is 10.0. The molecule has 1 atom stereocenters. The third-order valence-electron chi connectivity index (χ3n) is 5.17. The number of aliphatic hydroxyl groups excluding tert-OH is 1. The van der Waals surface area contributed by atoms with Crippen LogP contribution in [0.4, 0.5) is 0 Å². The molecule has 156 valence electrons. The number of carbonyl (C=O) groups is 2. The second-order valence-electron chi connectivity index (χ2n) is 7.21. The van der Waals surface area contributed by atoms with Gasteiger partial charge in [-0.3, -0.25) is 14.6 Å². The summed E-state index contributed by atoms with van der Waals surface area (Å²) in [5.41, 5.74) is 1.61. The lowest BCUT2D eigenvalue weighted by molar-refractivity contribution is -0.129. The molecule has 0 saturated carbocycles. The number of pyridine rings is 1. The predicted octanol–water partition coefficient (Wildman–Crippen LogP) is 3.35. The van der Waals surface area contributed by atoms with E-state index in [4.69, 9.17) is 0 Å². The second-order valence-corrected chi connectivity index (χ2v) is 7.21. The summed E-state index contributed by atoms with van der Waals surface area (Å²) >= 11 is 0. The molecule has 4 rings (SSSR count). The van der Waals surface area contributed by atoms with Gasteiger partial charge in [-0.15, -0.1) is 0 Å². The molecule has 1 amide bonds. The Morgan fingerprint density at radius 2 is 1.90 bits per heavy atom. The maximum atomic E-state index is 13.0. The summed E-state index contributed by atoms with van der Waals surface area (Å²) in [4.78, 5) is 35.6. The quantitative estimate of drug-likeness (QED) is 0.571. The van der Waals surface area contributed by atoms with Crippen molar-refractivity contribution in [2.24, 2.45) is 0 Å². The Balaban J connectivity index is 1.59. The standard InChI is InChI=1S/C24H22N4O3/c29-20(10-9-18-6-2-1-3-7-18)21-22(19-8-4-11-25-16-19)28(24(31)23(21)30)14-5-13-27-15-12-26-17-27/h1-4,6-12,15-17,22,30H,5,13-14H2/b10-9+. The van der Waals surface area contributed by atoms with Crippen molar-refractivity contribution in [1.29, 1.82) is 0 Å². The maximum absolute atomic E-state index is 13.0. The molecule has 1 N–H and O–H groups in total. The number of ketones is 1. The fourth-order valence-corrected chi connectivity index (χ4v) is 3.69. The van der Waals surface area contributed by atoms with E-state index in [9.17, 15) is 14.7 Å². The van der Waals surface area contributed by atoms with Gasteiger partial charge in [0.2, 0.25) is 0 Å². The molecule has 7 heteroatoms. The van der Waals surface area contributed by atoms with Crippen LogP contribution in [0.5, 0.6) is 0 Å². The minimum Gasteiger partial charge on any atom is -0.503 e. The molecular weight excluding hydrogens is 392 g/mol. The minimum absolute atomic E-state index is 0.0767. The molecule has 0 saturated heterocycles. The van der Waals surface area contributed by atoms with Crippen LogP contribution in [0.1, 0.15) is 23.6 Å². The van der Waals surface area contributed by atoms with Crippen molar-refractivity contribution in [3.8, 4) is 0 Å². The molecule has 1 aliphatic rings. The molecule has 0 radical (unpaired) electrons. The summed E-state index contributed by atoms with van der Waals surface area (Å²) in [5.74, 6) is -1.45. The lowest BCUT2D eigenvalue weighted by atomic mass is 9.96. The number of amides is 1. The molecule has 31 heavy (non-hydrogen) atoms. The SMILES string of the molecule is O=C(/C=C/c1ccccc1)C1=C(O)C(=O)N(CCCn2ccnc2)C1c1cccnc1. The van der Waals surface area contributed by atoms with Crippen LogP contribution in [-0.4, -0.2) is 42.8 Å². The molecule has 2 aromatic heterocycles. The Bertz CT molecular complexity index is 1110. The highest BCUT2D eigenvalue weighted by Crippen LogP contribution is 2.37. The molecule has 1 aliphatic heterocycles. The van der Waals surface area contributed by atoms with Crippen LogP contribution in [0.25, 0.3) is 6.08 Å². The first-order chi connectivity index (χ1) is 15.1. The van der Waals surface area contributed by atoms with Gasteiger partial charge in [0.05, 0.1) is 17.9 Å². The monoisotopic (exact) mass is 414 g/mol. The van der Waals surface area contributed by atoms with E-state index >= 15 is 0 Å². The van der Waals surface area contributed by atoms with Gasteiger partial charge in [0.25, 0.3) is 5.91 Å². The number of nitrogens with zero attached hydrogens (tertiary/aromatic N) is 4. The molecule has 1 unspecified atom stereocenters. The normalized spacial score (nSPS) is 16.5. The summed E-state index contributed by atoms with van der Waals surface area (Å²) in [6.07, 6.45) is 12.2. The molecule has 0 fully saturated rings. The summed E-state index contributed by atoms with van der Waals surface area (Å²) in [5, 5.41) is 10.6. The van der Waals surface area contributed by atoms with E-state index in [2.05, 4.69) is 9.97 Å². The minimum atomic E-state index is -0.683. The number of benzene rings is 1.